The highest BCUT2D eigenvalue weighted by atomic mass is 32.1. The second kappa shape index (κ2) is 5.84. The fourth-order valence-corrected chi connectivity index (χ4v) is 2.48. The van der Waals surface area contributed by atoms with Crippen LogP contribution in [0.25, 0.3) is 0 Å². The molecule has 2 rings (SSSR count). The van der Waals surface area contributed by atoms with Crippen LogP contribution < -0.4 is 5.43 Å². The molecular formula is C14H17N3OS. The quantitative estimate of drug-likeness (QED) is 0.676. The minimum Gasteiger partial charge on any atom is -0.349 e. The maximum atomic E-state index is 11.7. The second-order valence-electron chi connectivity index (χ2n) is 4.59. The van der Waals surface area contributed by atoms with Crippen molar-refractivity contribution < 1.29 is 4.79 Å². The highest BCUT2D eigenvalue weighted by Crippen LogP contribution is 2.12. The van der Waals surface area contributed by atoms with Crippen molar-refractivity contribution in [2.24, 2.45) is 5.10 Å². The molecule has 4 nitrogen and oxygen atoms in total. The Balaban J connectivity index is 1.99. The van der Waals surface area contributed by atoms with Crippen molar-refractivity contribution in [3.05, 3.63) is 45.9 Å². The Bertz CT molecular complexity index is 582. The van der Waals surface area contributed by atoms with Crippen molar-refractivity contribution in [1.29, 1.82) is 0 Å². The molecule has 0 fully saturated rings. The molecule has 0 saturated heterocycles. The van der Waals surface area contributed by atoms with E-state index in [1.54, 1.807) is 12.3 Å². The number of aromatic nitrogens is 1. The van der Waals surface area contributed by atoms with Crippen LogP contribution in [-0.4, -0.2) is 16.7 Å². The fraction of sp³-hybridized carbons (Fsp3) is 0.286. The van der Waals surface area contributed by atoms with E-state index in [1.807, 2.05) is 23.7 Å². The zero-order valence-corrected chi connectivity index (χ0v) is 12.1. The van der Waals surface area contributed by atoms with Gasteiger partial charge >= 0.3 is 0 Å². The van der Waals surface area contributed by atoms with Crippen LogP contribution in [0.4, 0.5) is 0 Å². The first-order valence-corrected chi connectivity index (χ1v) is 7.01. The summed E-state index contributed by atoms with van der Waals surface area (Å²) in [6.45, 7) is 6.32. The zero-order valence-electron chi connectivity index (χ0n) is 11.3. The van der Waals surface area contributed by atoms with Gasteiger partial charge in [-0.25, -0.2) is 5.43 Å². The van der Waals surface area contributed by atoms with Gasteiger partial charge in [-0.1, -0.05) is 6.07 Å². The first kappa shape index (κ1) is 13.5. The van der Waals surface area contributed by atoms with Gasteiger partial charge in [0.25, 0.3) is 5.91 Å². The Morgan fingerprint density at radius 3 is 2.89 bits per heavy atom. The summed E-state index contributed by atoms with van der Waals surface area (Å²) in [5.41, 5.74) is 4.69. The van der Waals surface area contributed by atoms with Gasteiger partial charge in [-0.2, -0.15) is 5.10 Å². The predicted octanol–water partition coefficient (Wildman–Crippen LogP) is 3.20. The Morgan fingerprint density at radius 2 is 2.32 bits per heavy atom. The average Bonchev–Trinajstić information content (AvgIpc) is 2.98. The third-order valence-corrected chi connectivity index (χ3v) is 3.62. The number of hydrazone groups is 1. The van der Waals surface area contributed by atoms with E-state index in [0.717, 1.165) is 5.56 Å². The van der Waals surface area contributed by atoms with E-state index in [9.17, 15) is 4.79 Å². The number of nitrogens with one attached hydrogen (secondary N) is 1. The van der Waals surface area contributed by atoms with Gasteiger partial charge in [0.05, 0.1) is 11.1 Å². The van der Waals surface area contributed by atoms with Gasteiger partial charge in [0.1, 0.15) is 0 Å². The maximum Gasteiger partial charge on any atom is 0.281 e. The van der Waals surface area contributed by atoms with Gasteiger partial charge < -0.3 is 4.57 Å². The first-order valence-electron chi connectivity index (χ1n) is 6.13. The number of carbonyl (C=O) groups excluding carboxylic acids is 1. The smallest absolute Gasteiger partial charge is 0.281 e. The minimum absolute atomic E-state index is 0.175. The van der Waals surface area contributed by atoms with E-state index in [0.29, 0.717) is 10.9 Å². The van der Waals surface area contributed by atoms with Crippen LogP contribution in [0.1, 0.15) is 40.8 Å². The first-order chi connectivity index (χ1) is 9.08. The lowest BCUT2D eigenvalue weighted by Gasteiger charge is -2.08. The van der Waals surface area contributed by atoms with Gasteiger partial charge in [-0.05, 0) is 38.3 Å². The molecule has 0 atom stereocenters. The van der Waals surface area contributed by atoms with Crippen LogP contribution in [0.3, 0.4) is 0 Å². The number of nitrogens with zero attached hydrogens (tertiary/aromatic N) is 2. The average molecular weight is 275 g/mol. The molecule has 0 saturated carbocycles. The van der Waals surface area contributed by atoms with Gasteiger partial charge in [0, 0.05) is 23.5 Å². The maximum absolute atomic E-state index is 11.7. The molecule has 0 aromatic carbocycles. The molecule has 100 valence electrons. The number of hydrogen-bond donors (Lipinski definition) is 1. The summed E-state index contributed by atoms with van der Waals surface area (Å²) in [5.74, 6) is -0.175. The summed E-state index contributed by atoms with van der Waals surface area (Å²) in [5, 5.41) is 5.85. The van der Waals surface area contributed by atoms with Crippen molar-refractivity contribution in [3.8, 4) is 0 Å². The van der Waals surface area contributed by atoms with Crippen LogP contribution in [-0.2, 0) is 0 Å². The lowest BCUT2D eigenvalue weighted by atomic mass is 10.3. The largest absolute Gasteiger partial charge is 0.349 e. The number of thiophene rings is 1. The van der Waals surface area contributed by atoms with Crippen molar-refractivity contribution in [1.82, 2.24) is 9.99 Å². The van der Waals surface area contributed by atoms with Crippen LogP contribution in [0, 0.1) is 6.92 Å². The molecular weight excluding hydrogens is 258 g/mol. The van der Waals surface area contributed by atoms with Gasteiger partial charge in [0.15, 0.2) is 0 Å². The predicted molar refractivity (Wildman–Crippen MR) is 78.9 cm³/mol. The third-order valence-electron chi connectivity index (χ3n) is 2.75. The lowest BCUT2D eigenvalue weighted by Crippen LogP contribution is -2.15. The molecule has 5 heteroatoms. The summed E-state index contributed by atoms with van der Waals surface area (Å²) in [7, 11) is 0. The van der Waals surface area contributed by atoms with E-state index in [2.05, 4.69) is 35.9 Å². The van der Waals surface area contributed by atoms with Crippen molar-refractivity contribution in [3.63, 3.8) is 0 Å². The topological polar surface area (TPSA) is 46.4 Å². The van der Waals surface area contributed by atoms with Crippen LogP contribution >= 0.6 is 11.3 Å². The minimum atomic E-state index is -0.175. The van der Waals surface area contributed by atoms with Gasteiger partial charge in [-0.15, -0.1) is 11.3 Å². The van der Waals surface area contributed by atoms with Crippen LogP contribution in [0.2, 0.25) is 0 Å². The molecule has 2 aromatic heterocycles. The molecule has 19 heavy (non-hydrogen) atoms. The molecule has 2 aromatic rings. The van der Waals surface area contributed by atoms with E-state index in [4.69, 9.17) is 0 Å². The molecule has 0 unspecified atom stereocenters. The zero-order chi connectivity index (χ0) is 13.8. The highest BCUT2D eigenvalue weighted by Gasteiger charge is 2.05. The van der Waals surface area contributed by atoms with Crippen LogP contribution in [0.15, 0.2) is 34.9 Å². The Labute approximate surface area is 116 Å². The van der Waals surface area contributed by atoms with Gasteiger partial charge in [0.2, 0.25) is 0 Å². The Morgan fingerprint density at radius 1 is 1.53 bits per heavy atom. The van der Waals surface area contributed by atoms with Crippen molar-refractivity contribution in [2.45, 2.75) is 26.8 Å². The number of aryl methyl sites for hydroxylation is 1. The third kappa shape index (κ3) is 3.32. The molecule has 0 radical (unpaired) electrons. The summed E-state index contributed by atoms with van der Waals surface area (Å²) in [6.07, 6.45) is 3.69. The van der Waals surface area contributed by atoms with E-state index in [1.165, 1.54) is 17.0 Å². The SMILES string of the molecule is Cc1cc(/C=N/NC(=O)c2cccs2)cn1C(C)C. The molecule has 2 heterocycles. The molecule has 0 spiro atoms. The number of amides is 1. The molecule has 1 N–H and O–H groups in total. The summed E-state index contributed by atoms with van der Waals surface area (Å²) in [6, 6.07) is 6.08. The normalized spacial score (nSPS) is 11.4. The lowest BCUT2D eigenvalue weighted by molar-refractivity contribution is 0.0959. The molecule has 0 bridgehead atoms. The molecule has 0 aliphatic heterocycles. The summed E-state index contributed by atoms with van der Waals surface area (Å²) < 4.78 is 2.17. The Hall–Kier alpha value is -1.88. The van der Waals surface area contributed by atoms with E-state index >= 15 is 0 Å². The van der Waals surface area contributed by atoms with Crippen LogP contribution in [0.5, 0.6) is 0 Å². The standard InChI is InChI=1S/C14H17N3OS/c1-10(2)17-9-12(7-11(17)3)8-15-16-14(18)13-5-4-6-19-13/h4-10H,1-3H3,(H,16,18)/b15-8+. The van der Waals surface area contributed by atoms with Crippen molar-refractivity contribution in [2.75, 3.05) is 0 Å². The monoisotopic (exact) mass is 275 g/mol. The Kier molecular flexibility index (Phi) is 4.16. The number of hydrogen-bond acceptors (Lipinski definition) is 3. The molecule has 0 aliphatic rings. The number of carbonyl (C=O) groups is 1. The number of rotatable bonds is 4. The van der Waals surface area contributed by atoms with Crippen molar-refractivity contribution >= 4 is 23.5 Å². The highest BCUT2D eigenvalue weighted by molar-refractivity contribution is 7.12. The van der Waals surface area contributed by atoms with E-state index < -0.39 is 0 Å². The van der Waals surface area contributed by atoms with E-state index in [-0.39, 0.29) is 5.91 Å². The molecule has 0 aliphatic carbocycles. The fourth-order valence-electron chi connectivity index (χ4n) is 1.87. The summed E-state index contributed by atoms with van der Waals surface area (Å²) in [4.78, 5) is 12.3. The van der Waals surface area contributed by atoms with Gasteiger partial charge in [-0.3, -0.25) is 4.79 Å². The summed E-state index contributed by atoms with van der Waals surface area (Å²) >= 11 is 1.40. The second-order valence-corrected chi connectivity index (χ2v) is 5.54. The molecule has 1 amide bonds.